The molecule has 1 aliphatic carbocycles. The Morgan fingerprint density at radius 3 is 2.86 bits per heavy atom. The first-order valence-electron chi connectivity index (χ1n) is 7.04. The van der Waals surface area contributed by atoms with E-state index >= 15 is 0 Å². The van der Waals surface area contributed by atoms with Crippen molar-refractivity contribution in [2.24, 2.45) is 0 Å². The highest BCUT2D eigenvalue weighted by molar-refractivity contribution is 6.30. The molecule has 4 nitrogen and oxygen atoms in total. The highest BCUT2D eigenvalue weighted by Crippen LogP contribution is 2.33. The fourth-order valence-electron chi connectivity index (χ4n) is 2.80. The van der Waals surface area contributed by atoms with Crippen LogP contribution in [0.2, 0.25) is 5.02 Å². The van der Waals surface area contributed by atoms with Crippen molar-refractivity contribution < 1.29 is 14.6 Å². The fourth-order valence-corrected chi connectivity index (χ4v) is 3.00. The number of ether oxygens (including phenoxy) is 1. The Balaban J connectivity index is 1.79. The van der Waals surface area contributed by atoms with Crippen molar-refractivity contribution >= 4 is 17.5 Å². The van der Waals surface area contributed by atoms with Crippen molar-refractivity contribution in [1.82, 2.24) is 5.32 Å². The van der Waals surface area contributed by atoms with E-state index in [4.69, 9.17) is 16.3 Å². The summed E-state index contributed by atoms with van der Waals surface area (Å²) in [7, 11) is 1.51. The van der Waals surface area contributed by atoms with Gasteiger partial charge < -0.3 is 15.2 Å². The Hall–Kier alpha value is -2.20. The Morgan fingerprint density at radius 2 is 2.14 bits per heavy atom. The molecule has 0 saturated heterocycles. The van der Waals surface area contributed by atoms with Crippen molar-refractivity contribution in [2.45, 2.75) is 18.9 Å². The zero-order valence-electron chi connectivity index (χ0n) is 12.1. The van der Waals surface area contributed by atoms with Gasteiger partial charge in [0.1, 0.15) is 11.5 Å². The molecule has 0 aromatic heterocycles. The minimum Gasteiger partial charge on any atom is -0.507 e. The van der Waals surface area contributed by atoms with E-state index in [1.165, 1.54) is 13.2 Å². The van der Waals surface area contributed by atoms with E-state index in [0.29, 0.717) is 10.8 Å². The lowest BCUT2D eigenvalue weighted by Crippen LogP contribution is -2.27. The van der Waals surface area contributed by atoms with Gasteiger partial charge in [0.05, 0.1) is 18.7 Å². The number of phenols is 1. The summed E-state index contributed by atoms with van der Waals surface area (Å²) in [6.07, 6.45) is 1.72. The molecule has 2 N–H and O–H groups in total. The van der Waals surface area contributed by atoms with Gasteiger partial charge in [0.25, 0.3) is 5.91 Å². The maximum Gasteiger partial charge on any atom is 0.255 e. The van der Waals surface area contributed by atoms with Gasteiger partial charge in [-0.1, -0.05) is 17.7 Å². The monoisotopic (exact) mass is 317 g/mol. The summed E-state index contributed by atoms with van der Waals surface area (Å²) in [4.78, 5) is 12.4. The lowest BCUT2D eigenvalue weighted by atomic mass is 10.1. The third-order valence-electron chi connectivity index (χ3n) is 3.94. The van der Waals surface area contributed by atoms with E-state index in [1.54, 1.807) is 12.1 Å². The summed E-state index contributed by atoms with van der Waals surface area (Å²) in [6, 6.07) is 10.3. The SMILES string of the molecule is COc1ccc(C(=O)NC2CCc3cc(Cl)ccc32)c(O)c1. The molecule has 0 bridgehead atoms. The van der Waals surface area contributed by atoms with Gasteiger partial charge in [-0.05, 0) is 48.2 Å². The van der Waals surface area contributed by atoms with Gasteiger partial charge in [-0.15, -0.1) is 0 Å². The van der Waals surface area contributed by atoms with Crippen molar-refractivity contribution in [3.8, 4) is 11.5 Å². The standard InChI is InChI=1S/C17H16ClNO3/c1-22-12-4-6-14(16(20)9-12)17(21)19-15-7-2-10-8-11(18)3-5-13(10)15/h3-6,8-9,15,20H,2,7H2,1H3,(H,19,21). The van der Waals surface area contributed by atoms with E-state index in [2.05, 4.69) is 5.32 Å². The van der Waals surface area contributed by atoms with Crippen LogP contribution in [0.1, 0.15) is 33.9 Å². The topological polar surface area (TPSA) is 58.6 Å². The van der Waals surface area contributed by atoms with E-state index < -0.39 is 0 Å². The minimum atomic E-state index is -0.298. The number of fused-ring (bicyclic) bond motifs is 1. The molecule has 5 heteroatoms. The van der Waals surface area contributed by atoms with Gasteiger partial charge in [-0.25, -0.2) is 0 Å². The number of hydrogen-bond donors (Lipinski definition) is 2. The Bertz CT molecular complexity index is 730. The molecule has 0 heterocycles. The third-order valence-corrected chi connectivity index (χ3v) is 4.17. The molecule has 0 saturated carbocycles. The average molecular weight is 318 g/mol. The summed E-state index contributed by atoms with van der Waals surface area (Å²) in [5.41, 5.74) is 2.49. The summed E-state index contributed by atoms with van der Waals surface area (Å²) >= 11 is 5.99. The van der Waals surface area contributed by atoms with Gasteiger partial charge in [-0.2, -0.15) is 0 Å². The van der Waals surface area contributed by atoms with Crippen molar-refractivity contribution in [3.05, 3.63) is 58.1 Å². The average Bonchev–Trinajstić information content (AvgIpc) is 2.89. The number of carbonyl (C=O) groups is 1. The minimum absolute atomic E-state index is 0.0544. The summed E-state index contributed by atoms with van der Waals surface area (Å²) in [6.45, 7) is 0. The normalized spacial score (nSPS) is 16.2. The molecule has 0 spiro atoms. The second-order valence-corrected chi connectivity index (χ2v) is 5.73. The van der Waals surface area contributed by atoms with Crippen LogP contribution in [0, 0.1) is 0 Å². The lowest BCUT2D eigenvalue weighted by molar-refractivity contribution is 0.0934. The van der Waals surface area contributed by atoms with Crippen LogP contribution >= 0.6 is 11.6 Å². The number of rotatable bonds is 3. The zero-order chi connectivity index (χ0) is 15.7. The molecule has 0 aliphatic heterocycles. The van der Waals surface area contributed by atoms with Gasteiger partial charge in [0, 0.05) is 11.1 Å². The molecule has 1 atom stereocenters. The number of aromatic hydroxyl groups is 1. The number of hydrogen-bond acceptors (Lipinski definition) is 3. The van der Waals surface area contributed by atoms with Crippen molar-refractivity contribution in [3.63, 3.8) is 0 Å². The maximum absolute atomic E-state index is 12.4. The maximum atomic E-state index is 12.4. The lowest BCUT2D eigenvalue weighted by Gasteiger charge is -2.15. The fraction of sp³-hybridized carbons (Fsp3) is 0.235. The molecule has 2 aromatic carbocycles. The number of phenolic OH excluding ortho intramolecular Hbond substituents is 1. The molecular formula is C17H16ClNO3. The number of aryl methyl sites for hydroxylation is 1. The summed E-state index contributed by atoms with van der Waals surface area (Å²) < 4.78 is 5.02. The molecule has 22 heavy (non-hydrogen) atoms. The van der Waals surface area contributed by atoms with Gasteiger partial charge in [-0.3, -0.25) is 4.79 Å². The van der Waals surface area contributed by atoms with Gasteiger partial charge in [0.15, 0.2) is 0 Å². The number of methoxy groups -OCH3 is 1. The predicted molar refractivity (Wildman–Crippen MR) is 84.6 cm³/mol. The van der Waals surface area contributed by atoms with E-state index in [9.17, 15) is 9.90 Å². The molecule has 1 unspecified atom stereocenters. The second-order valence-electron chi connectivity index (χ2n) is 5.29. The molecule has 114 valence electrons. The van der Waals surface area contributed by atoms with E-state index in [-0.39, 0.29) is 23.3 Å². The highest BCUT2D eigenvalue weighted by atomic mass is 35.5. The third kappa shape index (κ3) is 2.74. The van der Waals surface area contributed by atoms with Crippen molar-refractivity contribution in [2.75, 3.05) is 7.11 Å². The van der Waals surface area contributed by atoms with Crippen LogP contribution in [-0.4, -0.2) is 18.1 Å². The molecule has 1 aliphatic rings. The van der Waals surface area contributed by atoms with Crippen LogP contribution in [0.3, 0.4) is 0 Å². The Labute approximate surface area is 133 Å². The molecule has 1 amide bonds. The summed E-state index contributed by atoms with van der Waals surface area (Å²) in [5.74, 6) is 0.119. The van der Waals surface area contributed by atoms with Crippen LogP contribution in [0.5, 0.6) is 11.5 Å². The number of amides is 1. The number of nitrogens with one attached hydrogen (secondary N) is 1. The molecule has 2 aromatic rings. The molecule has 0 radical (unpaired) electrons. The van der Waals surface area contributed by atoms with Crippen LogP contribution < -0.4 is 10.1 Å². The molecule has 3 rings (SSSR count). The van der Waals surface area contributed by atoms with Crippen LogP contribution in [0.15, 0.2) is 36.4 Å². The predicted octanol–water partition coefficient (Wildman–Crippen LogP) is 3.47. The van der Waals surface area contributed by atoms with E-state index in [0.717, 1.165) is 24.0 Å². The molecule has 0 fully saturated rings. The smallest absolute Gasteiger partial charge is 0.255 e. The second kappa shape index (κ2) is 5.89. The Morgan fingerprint density at radius 1 is 1.32 bits per heavy atom. The largest absolute Gasteiger partial charge is 0.507 e. The van der Waals surface area contributed by atoms with Crippen molar-refractivity contribution in [1.29, 1.82) is 0 Å². The summed E-state index contributed by atoms with van der Waals surface area (Å²) in [5, 5.41) is 13.6. The highest BCUT2D eigenvalue weighted by Gasteiger charge is 2.25. The van der Waals surface area contributed by atoms with Gasteiger partial charge in [0.2, 0.25) is 0 Å². The molecular weight excluding hydrogens is 302 g/mol. The van der Waals surface area contributed by atoms with Gasteiger partial charge >= 0.3 is 0 Å². The number of carbonyl (C=O) groups excluding carboxylic acids is 1. The quantitative estimate of drug-likeness (QED) is 0.911. The first-order valence-corrected chi connectivity index (χ1v) is 7.42. The number of benzene rings is 2. The van der Waals surface area contributed by atoms with Crippen LogP contribution in [0.4, 0.5) is 0 Å². The zero-order valence-corrected chi connectivity index (χ0v) is 12.9. The first kappa shape index (κ1) is 14.7. The van der Waals surface area contributed by atoms with E-state index in [1.807, 2.05) is 18.2 Å². The van der Waals surface area contributed by atoms with Crippen LogP contribution in [0.25, 0.3) is 0 Å². The number of halogens is 1. The Kier molecular flexibility index (Phi) is 3.94. The van der Waals surface area contributed by atoms with Crippen LogP contribution in [-0.2, 0) is 6.42 Å². The first-order chi connectivity index (χ1) is 10.6.